The van der Waals surface area contributed by atoms with E-state index in [9.17, 15) is 34.3 Å². The fraction of sp³-hybridized carbons (Fsp3) is 0.357. The molecule has 5 rings (SSSR count). The van der Waals surface area contributed by atoms with Crippen LogP contribution in [0.25, 0.3) is 11.1 Å². The molecular weight excluding hydrogens is 538 g/mol. The van der Waals surface area contributed by atoms with E-state index in [1.54, 1.807) is 36.4 Å². The molecule has 0 radical (unpaired) electrons. The number of Topliss-reactive ketones (excluding diaryl/α,β-unsaturated/α-hetero) is 4. The molecule has 2 aromatic rings. The molecule has 0 bridgehead atoms. The maximum Gasteiger partial charge on any atom is 0.235 e. The average Bonchev–Trinajstić information content (AvgIpc) is 2.83. The van der Waals surface area contributed by atoms with E-state index in [-0.39, 0.29) is 12.0 Å². The normalized spacial score (nSPS) is 33.2. The zero-order valence-electron chi connectivity index (χ0n) is 21.6. The summed E-state index contributed by atoms with van der Waals surface area (Å²) in [5.41, 5.74) is 13.4. The molecule has 0 aromatic heterocycles. The third-order valence-electron chi connectivity index (χ3n) is 8.64. The smallest absolute Gasteiger partial charge is 0.235 e. The maximum atomic E-state index is 14.3. The van der Waals surface area contributed by atoms with Crippen molar-refractivity contribution in [1.82, 2.24) is 4.90 Å². The molecule has 0 spiro atoms. The van der Waals surface area contributed by atoms with Crippen LogP contribution in [0.4, 0.5) is 0 Å². The van der Waals surface area contributed by atoms with Gasteiger partial charge >= 0.3 is 0 Å². The Morgan fingerprint density at radius 2 is 1.73 bits per heavy atom. The van der Waals surface area contributed by atoms with E-state index in [0.717, 1.165) is 0 Å². The third kappa shape index (κ3) is 3.25. The Balaban J connectivity index is 1.79. The van der Waals surface area contributed by atoms with Crippen molar-refractivity contribution in [1.29, 1.82) is 5.26 Å². The Hall–Kier alpha value is -3.95. The number of ketones is 4. The van der Waals surface area contributed by atoms with Gasteiger partial charge < -0.3 is 22.3 Å². The molecule has 40 heavy (non-hydrogen) atoms. The summed E-state index contributed by atoms with van der Waals surface area (Å²) in [5.74, 6) is -10.1. The zero-order valence-corrected chi connectivity index (χ0v) is 22.4. The first-order valence-electron chi connectivity index (χ1n) is 12.4. The number of nitriles is 1. The summed E-state index contributed by atoms with van der Waals surface area (Å²) < 4.78 is 0. The van der Waals surface area contributed by atoms with E-state index in [1.807, 2.05) is 0 Å². The second-order valence-electron chi connectivity index (χ2n) is 11.1. The number of benzene rings is 2. The molecular formula is C28H26ClN5O6. The molecule has 11 nitrogen and oxygen atoms in total. The summed E-state index contributed by atoms with van der Waals surface area (Å²) in [4.78, 5) is 69.2. The Morgan fingerprint density at radius 3 is 2.30 bits per heavy atom. The third-order valence-corrected chi connectivity index (χ3v) is 8.97. The molecule has 3 aliphatic rings. The fourth-order valence-corrected chi connectivity index (χ4v) is 7.38. The minimum absolute atomic E-state index is 0.179. The van der Waals surface area contributed by atoms with Gasteiger partial charge in [-0.25, -0.2) is 0 Å². The van der Waals surface area contributed by atoms with Crippen LogP contribution in [0.5, 0.6) is 5.75 Å². The Labute approximate surface area is 233 Å². The van der Waals surface area contributed by atoms with Crippen molar-refractivity contribution >= 4 is 40.6 Å². The number of carbonyl (C=O) groups is 5. The highest BCUT2D eigenvalue weighted by molar-refractivity contribution is 6.34. The van der Waals surface area contributed by atoms with Crippen molar-refractivity contribution in [3.63, 3.8) is 0 Å². The van der Waals surface area contributed by atoms with Crippen LogP contribution in [0.1, 0.15) is 22.3 Å². The Morgan fingerprint density at radius 1 is 1.07 bits per heavy atom. The number of hydrogen-bond donors (Lipinski definition) is 4. The van der Waals surface area contributed by atoms with Crippen molar-refractivity contribution in [2.24, 2.45) is 34.5 Å². The Bertz CT molecular complexity index is 1600. The van der Waals surface area contributed by atoms with Gasteiger partial charge in [0.25, 0.3) is 0 Å². The number of phenols is 1. The number of nitrogens with two attached hydrogens (primary N) is 3. The first-order valence-corrected chi connectivity index (χ1v) is 12.8. The van der Waals surface area contributed by atoms with Gasteiger partial charge in [-0.1, -0.05) is 35.9 Å². The van der Waals surface area contributed by atoms with E-state index < -0.39 is 75.6 Å². The van der Waals surface area contributed by atoms with Crippen LogP contribution in [0, 0.1) is 28.6 Å². The monoisotopic (exact) mass is 563 g/mol. The zero-order chi connectivity index (χ0) is 29.5. The summed E-state index contributed by atoms with van der Waals surface area (Å²) in [7, 11) is 2.89. The topological polar surface area (TPSA) is 211 Å². The number of halogens is 1. The van der Waals surface area contributed by atoms with Gasteiger partial charge in [-0.15, -0.1) is 0 Å². The number of carbonyl (C=O) groups excluding carboxylic acids is 5. The van der Waals surface area contributed by atoms with Crippen LogP contribution < -0.4 is 17.2 Å². The van der Waals surface area contributed by atoms with E-state index in [2.05, 4.69) is 0 Å². The number of hydrogen-bond acceptors (Lipinski definition) is 10. The van der Waals surface area contributed by atoms with Crippen LogP contribution in [0.15, 0.2) is 36.4 Å². The van der Waals surface area contributed by atoms with Gasteiger partial charge in [0.2, 0.25) is 5.91 Å². The average molecular weight is 564 g/mol. The van der Waals surface area contributed by atoms with Crippen molar-refractivity contribution in [2.45, 2.75) is 30.0 Å². The van der Waals surface area contributed by atoms with E-state index >= 15 is 0 Å². The highest BCUT2D eigenvalue weighted by Crippen LogP contribution is 2.57. The van der Waals surface area contributed by atoms with Gasteiger partial charge in [-0.2, -0.15) is 5.26 Å². The predicted molar refractivity (Wildman–Crippen MR) is 142 cm³/mol. The van der Waals surface area contributed by atoms with Crippen LogP contribution in [0.3, 0.4) is 0 Å². The van der Waals surface area contributed by atoms with Crippen molar-refractivity contribution in [3.8, 4) is 22.9 Å². The molecule has 7 N–H and O–H groups in total. The number of phenolic OH excluding ortho intramolecular Hbond substituents is 1. The highest BCUT2D eigenvalue weighted by Gasteiger charge is 2.78. The minimum atomic E-state index is -2.79. The molecule has 6 atom stereocenters. The first-order chi connectivity index (χ1) is 18.7. The highest BCUT2D eigenvalue weighted by atomic mass is 35.5. The number of rotatable bonds is 3. The fourth-order valence-electron chi connectivity index (χ4n) is 7.14. The predicted octanol–water partition coefficient (Wildman–Crippen LogP) is 0.129. The van der Waals surface area contributed by atoms with Gasteiger partial charge in [0.05, 0.1) is 23.2 Å². The van der Waals surface area contributed by atoms with Crippen LogP contribution in [0.2, 0.25) is 5.02 Å². The van der Waals surface area contributed by atoms with E-state index in [1.165, 1.54) is 25.1 Å². The second kappa shape index (κ2) is 8.78. The number of aromatic hydroxyl groups is 1. The van der Waals surface area contributed by atoms with Crippen LogP contribution in [-0.2, 0) is 25.6 Å². The molecule has 0 heterocycles. The first kappa shape index (κ1) is 27.6. The minimum Gasteiger partial charge on any atom is -0.507 e. The van der Waals surface area contributed by atoms with Crippen molar-refractivity contribution in [3.05, 3.63) is 52.5 Å². The lowest BCUT2D eigenvalue weighted by atomic mass is 9.42. The molecule has 0 saturated heterocycles. The van der Waals surface area contributed by atoms with Crippen LogP contribution in [-0.4, -0.2) is 70.3 Å². The van der Waals surface area contributed by atoms with E-state index in [4.69, 9.17) is 28.8 Å². The number of amides is 1. The molecule has 2 aromatic carbocycles. The van der Waals surface area contributed by atoms with Gasteiger partial charge in [-0.05, 0) is 50.2 Å². The number of primary amides is 1. The van der Waals surface area contributed by atoms with Gasteiger partial charge in [0.15, 0.2) is 34.5 Å². The van der Waals surface area contributed by atoms with Gasteiger partial charge in [-0.3, -0.25) is 28.9 Å². The molecule has 12 heteroatoms. The van der Waals surface area contributed by atoms with Crippen molar-refractivity contribution < 1.29 is 29.1 Å². The number of likely N-dealkylation sites (N-methyl/N-ethyl adjacent to an activating group) is 1. The number of fused-ring (bicyclic) bond motifs is 3. The van der Waals surface area contributed by atoms with Gasteiger partial charge in [0, 0.05) is 16.1 Å². The van der Waals surface area contributed by atoms with Crippen molar-refractivity contribution in [2.75, 3.05) is 14.1 Å². The Kier molecular flexibility index (Phi) is 6.06. The van der Waals surface area contributed by atoms with Crippen LogP contribution >= 0.6 is 11.6 Å². The number of nitrogens with zero attached hydrogens (tertiary/aromatic N) is 2. The molecule has 3 aliphatic carbocycles. The summed E-state index contributed by atoms with van der Waals surface area (Å²) in [6.45, 7) is 0. The molecule has 0 aliphatic heterocycles. The van der Waals surface area contributed by atoms with E-state index in [0.29, 0.717) is 21.7 Å². The van der Waals surface area contributed by atoms with Gasteiger partial charge in [0.1, 0.15) is 11.7 Å². The summed E-state index contributed by atoms with van der Waals surface area (Å²) in [6.07, 6.45) is -0.666. The standard InChI is InChI=1S/C28H26ClN5O6/c1-34(2)22-21(37)18(25(31)40)23(38)27(11-30)24(39)19-20(36)17-14(9-26(19,32)10-28(22,27)33)12(7-8-16(17)35)13-5-3-4-6-15(13)29/h3-8,18-19,22,35H,9-10,32-33H2,1-2H3,(H2,31,40)/t18?,19?,22-,26-,27+,28-/m1/s1. The molecule has 2 saturated carbocycles. The molecule has 2 fully saturated rings. The SMILES string of the molecule is CN(C)[C@@H]1C(=O)C(C(N)=O)C(=O)[C@@]2(C#N)C(=O)C3C(=O)c4c(O)ccc(-c5ccccc5Cl)c4C[C@@]3(N)C[C@@]12N. The molecule has 2 unspecified atom stereocenters. The summed E-state index contributed by atoms with van der Waals surface area (Å²) in [5, 5.41) is 21.6. The lowest BCUT2D eigenvalue weighted by Gasteiger charge is -2.60. The molecule has 206 valence electrons. The quantitative estimate of drug-likeness (QED) is 0.370. The lowest BCUT2D eigenvalue weighted by Crippen LogP contribution is -2.85. The summed E-state index contributed by atoms with van der Waals surface area (Å²) in [6, 6.07) is 9.91. The maximum absolute atomic E-state index is 14.3. The lowest BCUT2D eigenvalue weighted by molar-refractivity contribution is -0.166. The second-order valence-corrected chi connectivity index (χ2v) is 11.5. The largest absolute Gasteiger partial charge is 0.507 e. The molecule has 1 amide bonds. The summed E-state index contributed by atoms with van der Waals surface area (Å²) >= 11 is 6.44.